The second-order valence-corrected chi connectivity index (χ2v) is 13.1. The third kappa shape index (κ3) is 8.95. The summed E-state index contributed by atoms with van der Waals surface area (Å²) in [5.74, 6) is 3.47. The molecule has 0 radical (unpaired) electrons. The zero-order valence-corrected chi connectivity index (χ0v) is 31.2. The van der Waals surface area contributed by atoms with Gasteiger partial charge in [0.1, 0.15) is 11.6 Å². The van der Waals surface area contributed by atoms with Crippen LogP contribution in [0.25, 0.3) is 12.2 Å². The minimum Gasteiger partial charge on any atom is -0.324 e. The predicted octanol–water partition coefficient (Wildman–Crippen LogP) is 10.2. The molecule has 4 aromatic carbocycles. The minimum atomic E-state index is 0.503. The van der Waals surface area contributed by atoms with E-state index in [-0.39, 0.29) is 0 Å². The van der Waals surface area contributed by atoms with E-state index in [1.807, 2.05) is 26.0 Å². The van der Waals surface area contributed by atoms with Crippen molar-refractivity contribution in [1.82, 2.24) is 29.9 Å². The van der Waals surface area contributed by atoms with Crippen LogP contribution in [0, 0.1) is 41.5 Å². The first-order valence-corrected chi connectivity index (χ1v) is 17.7. The molecule has 10 heteroatoms. The lowest BCUT2D eigenvalue weighted by Gasteiger charge is -2.13. The molecule has 6 aromatic rings. The van der Waals surface area contributed by atoms with Gasteiger partial charge in [-0.05, 0) is 122 Å². The van der Waals surface area contributed by atoms with Crippen LogP contribution in [0.4, 0.5) is 46.5 Å². The summed E-state index contributed by atoms with van der Waals surface area (Å²) in [4.78, 5) is 27.8. The summed E-state index contributed by atoms with van der Waals surface area (Å²) in [7, 11) is 0. The molecule has 0 atom stereocenters. The van der Waals surface area contributed by atoms with Crippen molar-refractivity contribution in [2.45, 2.75) is 68.2 Å². The van der Waals surface area contributed by atoms with Crippen molar-refractivity contribution in [2.75, 3.05) is 21.3 Å². The first-order chi connectivity index (χ1) is 25.0. The number of hydrogen-bond donors (Lipinski definition) is 4. The highest BCUT2D eigenvalue weighted by Crippen LogP contribution is 2.26. The summed E-state index contributed by atoms with van der Waals surface area (Å²) in [5, 5.41) is 13.5. The Morgan fingerprint density at radius 2 is 0.808 bits per heavy atom. The standard InChI is InChI=1S/C42H46N10/c1-9-37-47-39(51-41(49-37)45-35-21-25(3)11-13-27(35)5)43-33-19-17-31(29(7)23-33)15-16-32-18-20-34(24-30(32)8)44-40-48-38(10-2)50-42(52-40)46-36-22-26(4)12-14-28(36)6/h11-24H,9-10H2,1-8H3,(H2,43,45,47,49,51)(H2,44,46,48,50,52)/b16-15+. The molecule has 0 aliphatic heterocycles. The van der Waals surface area contributed by atoms with Crippen molar-refractivity contribution in [2.24, 2.45) is 0 Å². The molecule has 0 saturated carbocycles. The van der Waals surface area contributed by atoms with Gasteiger partial charge in [-0.15, -0.1) is 0 Å². The number of rotatable bonds is 12. The van der Waals surface area contributed by atoms with Crippen LogP contribution in [0.5, 0.6) is 0 Å². The molecule has 4 N–H and O–H groups in total. The highest BCUT2D eigenvalue weighted by molar-refractivity contribution is 5.75. The molecule has 6 rings (SSSR count). The Hall–Kier alpha value is -6.16. The summed E-state index contributed by atoms with van der Waals surface area (Å²) >= 11 is 0. The van der Waals surface area contributed by atoms with Crippen LogP contribution in [-0.4, -0.2) is 29.9 Å². The van der Waals surface area contributed by atoms with Crippen molar-refractivity contribution in [3.8, 4) is 0 Å². The smallest absolute Gasteiger partial charge is 0.232 e. The van der Waals surface area contributed by atoms with Gasteiger partial charge >= 0.3 is 0 Å². The molecule has 0 saturated heterocycles. The highest BCUT2D eigenvalue weighted by Gasteiger charge is 2.11. The van der Waals surface area contributed by atoms with E-state index < -0.39 is 0 Å². The fourth-order valence-electron chi connectivity index (χ4n) is 5.68. The molecule has 0 unspecified atom stereocenters. The van der Waals surface area contributed by atoms with Crippen LogP contribution in [0.1, 0.15) is 70.0 Å². The molecule has 0 bridgehead atoms. The maximum atomic E-state index is 4.67. The first-order valence-electron chi connectivity index (χ1n) is 17.7. The number of benzene rings is 4. The Morgan fingerprint density at radius 1 is 0.423 bits per heavy atom. The van der Waals surface area contributed by atoms with Crippen LogP contribution in [-0.2, 0) is 12.8 Å². The summed E-state index contributed by atoms with van der Waals surface area (Å²) in [6, 6.07) is 25.1. The molecule has 52 heavy (non-hydrogen) atoms. The van der Waals surface area contributed by atoms with E-state index >= 15 is 0 Å². The fourth-order valence-corrected chi connectivity index (χ4v) is 5.68. The zero-order chi connectivity index (χ0) is 36.8. The van der Waals surface area contributed by atoms with Crippen molar-refractivity contribution in [3.63, 3.8) is 0 Å². The van der Waals surface area contributed by atoms with E-state index in [4.69, 9.17) is 0 Å². The molecule has 10 nitrogen and oxygen atoms in total. The maximum Gasteiger partial charge on any atom is 0.232 e. The van der Waals surface area contributed by atoms with E-state index in [2.05, 4.69) is 166 Å². The lowest BCUT2D eigenvalue weighted by Crippen LogP contribution is -2.07. The SMILES string of the molecule is CCc1nc(Nc2ccc(/C=C/c3ccc(Nc4nc(CC)nc(Nc5cc(C)ccc5C)n4)cc3C)c(C)c2)nc(Nc2cc(C)ccc2C)n1. The lowest BCUT2D eigenvalue weighted by atomic mass is 10.0. The quantitative estimate of drug-likeness (QED) is 0.0922. The van der Waals surface area contributed by atoms with Gasteiger partial charge < -0.3 is 21.3 Å². The molecule has 0 aliphatic rings. The minimum absolute atomic E-state index is 0.503. The molecule has 2 heterocycles. The van der Waals surface area contributed by atoms with E-state index in [0.29, 0.717) is 48.3 Å². The molecular weight excluding hydrogens is 645 g/mol. The third-order valence-corrected chi connectivity index (χ3v) is 8.77. The Bertz CT molecular complexity index is 2100. The van der Waals surface area contributed by atoms with Gasteiger partial charge in [-0.1, -0.05) is 62.4 Å². The number of hydrogen-bond acceptors (Lipinski definition) is 10. The number of anilines is 8. The van der Waals surface area contributed by atoms with Crippen molar-refractivity contribution < 1.29 is 0 Å². The monoisotopic (exact) mass is 690 g/mol. The number of nitrogens with zero attached hydrogens (tertiary/aromatic N) is 6. The predicted molar refractivity (Wildman–Crippen MR) is 215 cm³/mol. The van der Waals surface area contributed by atoms with Crippen LogP contribution in [0.3, 0.4) is 0 Å². The van der Waals surface area contributed by atoms with E-state index in [9.17, 15) is 0 Å². The molecule has 0 fully saturated rings. The molecule has 264 valence electrons. The van der Waals surface area contributed by atoms with Crippen molar-refractivity contribution in [1.29, 1.82) is 0 Å². The van der Waals surface area contributed by atoms with Crippen LogP contribution in [0.2, 0.25) is 0 Å². The summed E-state index contributed by atoms with van der Waals surface area (Å²) in [6.45, 7) is 16.6. The van der Waals surface area contributed by atoms with Crippen molar-refractivity contribution >= 4 is 58.7 Å². The lowest BCUT2D eigenvalue weighted by molar-refractivity contribution is 0.909. The average molecular weight is 691 g/mol. The van der Waals surface area contributed by atoms with Gasteiger partial charge in [0.25, 0.3) is 0 Å². The summed E-state index contributed by atoms with van der Waals surface area (Å²) in [6.07, 6.45) is 5.68. The van der Waals surface area contributed by atoms with Gasteiger partial charge in [0, 0.05) is 35.6 Å². The summed E-state index contributed by atoms with van der Waals surface area (Å²) < 4.78 is 0. The maximum absolute atomic E-state index is 4.67. The van der Waals surface area contributed by atoms with Crippen LogP contribution in [0.15, 0.2) is 72.8 Å². The molecule has 0 aliphatic carbocycles. The summed E-state index contributed by atoms with van der Waals surface area (Å²) in [5.41, 5.74) is 12.9. The van der Waals surface area contributed by atoms with Crippen LogP contribution < -0.4 is 21.3 Å². The fraction of sp³-hybridized carbons (Fsp3) is 0.238. The molecule has 0 spiro atoms. The van der Waals surface area contributed by atoms with Gasteiger partial charge in [-0.2, -0.15) is 29.9 Å². The highest BCUT2D eigenvalue weighted by atomic mass is 15.2. The van der Waals surface area contributed by atoms with E-state index in [0.717, 1.165) is 56.1 Å². The second-order valence-electron chi connectivity index (χ2n) is 13.1. The Labute approximate surface area is 306 Å². The van der Waals surface area contributed by atoms with Gasteiger partial charge in [0.05, 0.1) is 0 Å². The zero-order valence-electron chi connectivity index (χ0n) is 31.2. The van der Waals surface area contributed by atoms with Gasteiger partial charge in [-0.3, -0.25) is 0 Å². The van der Waals surface area contributed by atoms with Crippen LogP contribution >= 0.6 is 0 Å². The third-order valence-electron chi connectivity index (χ3n) is 8.77. The average Bonchev–Trinajstić information content (AvgIpc) is 3.11. The van der Waals surface area contributed by atoms with Crippen molar-refractivity contribution in [3.05, 3.63) is 129 Å². The number of aryl methyl sites for hydroxylation is 8. The largest absolute Gasteiger partial charge is 0.324 e. The Balaban J connectivity index is 1.14. The molecular formula is C42H46N10. The Morgan fingerprint density at radius 3 is 1.17 bits per heavy atom. The van der Waals surface area contributed by atoms with E-state index in [1.165, 1.54) is 11.1 Å². The van der Waals surface area contributed by atoms with Gasteiger partial charge in [-0.25, -0.2) is 0 Å². The molecule has 0 amide bonds. The molecule has 2 aromatic heterocycles. The number of aromatic nitrogens is 6. The number of nitrogens with one attached hydrogen (secondary N) is 4. The van der Waals surface area contributed by atoms with Gasteiger partial charge in [0.2, 0.25) is 23.8 Å². The van der Waals surface area contributed by atoms with Gasteiger partial charge in [0.15, 0.2) is 0 Å². The first kappa shape index (κ1) is 35.7. The topological polar surface area (TPSA) is 125 Å². The Kier molecular flexibility index (Phi) is 10.8. The normalized spacial score (nSPS) is 11.2. The second kappa shape index (κ2) is 15.8. The van der Waals surface area contributed by atoms with E-state index in [1.54, 1.807) is 0 Å².